The fraction of sp³-hybridized carbons (Fsp3) is 0.167. The SMILES string of the molecule is COc1cscc1C(=O)Cl. The van der Waals surface area contributed by atoms with Crippen molar-refractivity contribution in [1.29, 1.82) is 0 Å². The molecule has 0 saturated carbocycles. The number of rotatable bonds is 2. The van der Waals surface area contributed by atoms with E-state index < -0.39 is 5.24 Å². The fourth-order valence-corrected chi connectivity index (χ4v) is 1.57. The molecule has 1 aromatic rings. The van der Waals surface area contributed by atoms with Crippen molar-refractivity contribution >= 4 is 28.2 Å². The maximum Gasteiger partial charge on any atom is 0.256 e. The molecule has 1 heterocycles. The number of halogens is 1. The first-order chi connectivity index (χ1) is 4.75. The second kappa shape index (κ2) is 3.03. The third-order valence-electron chi connectivity index (χ3n) is 1.06. The Morgan fingerprint density at radius 2 is 2.40 bits per heavy atom. The van der Waals surface area contributed by atoms with E-state index in [1.165, 1.54) is 18.4 Å². The Labute approximate surface area is 67.4 Å². The summed E-state index contributed by atoms with van der Waals surface area (Å²) in [4.78, 5) is 10.6. The zero-order chi connectivity index (χ0) is 7.56. The van der Waals surface area contributed by atoms with Crippen molar-refractivity contribution in [3.63, 3.8) is 0 Å². The van der Waals surface area contributed by atoms with Gasteiger partial charge in [-0.25, -0.2) is 0 Å². The van der Waals surface area contributed by atoms with Crippen molar-refractivity contribution in [2.75, 3.05) is 7.11 Å². The van der Waals surface area contributed by atoms with Crippen molar-refractivity contribution in [1.82, 2.24) is 0 Å². The van der Waals surface area contributed by atoms with Crippen LogP contribution in [-0.2, 0) is 0 Å². The van der Waals surface area contributed by atoms with Crippen molar-refractivity contribution in [2.24, 2.45) is 0 Å². The van der Waals surface area contributed by atoms with Gasteiger partial charge in [-0.15, -0.1) is 11.3 Å². The van der Waals surface area contributed by atoms with Gasteiger partial charge in [0.05, 0.1) is 12.7 Å². The maximum absolute atomic E-state index is 10.6. The molecule has 0 amide bonds. The van der Waals surface area contributed by atoms with E-state index in [2.05, 4.69) is 0 Å². The maximum atomic E-state index is 10.6. The van der Waals surface area contributed by atoms with E-state index >= 15 is 0 Å². The molecule has 54 valence electrons. The fourth-order valence-electron chi connectivity index (χ4n) is 0.587. The summed E-state index contributed by atoms with van der Waals surface area (Å²) in [6.07, 6.45) is 0. The number of thiophene rings is 1. The molecular formula is C6H5ClO2S. The van der Waals surface area contributed by atoms with Gasteiger partial charge in [0, 0.05) is 10.8 Å². The minimum absolute atomic E-state index is 0.439. The van der Waals surface area contributed by atoms with Gasteiger partial charge >= 0.3 is 0 Å². The van der Waals surface area contributed by atoms with E-state index in [1.807, 2.05) is 0 Å². The minimum Gasteiger partial charge on any atom is -0.495 e. The van der Waals surface area contributed by atoms with Gasteiger partial charge < -0.3 is 4.74 Å². The molecule has 0 aromatic carbocycles. The van der Waals surface area contributed by atoms with Gasteiger partial charge in [0.15, 0.2) is 0 Å². The molecule has 0 N–H and O–H groups in total. The zero-order valence-electron chi connectivity index (χ0n) is 5.26. The average Bonchev–Trinajstić information content (AvgIpc) is 2.33. The lowest BCUT2D eigenvalue weighted by atomic mass is 10.3. The van der Waals surface area contributed by atoms with Gasteiger partial charge in [-0.2, -0.15) is 0 Å². The number of carbonyl (C=O) groups excluding carboxylic acids is 1. The Bertz CT molecular complexity index is 244. The molecule has 0 aliphatic rings. The molecular weight excluding hydrogens is 172 g/mol. The van der Waals surface area contributed by atoms with Crippen LogP contribution < -0.4 is 4.74 Å². The Balaban J connectivity index is 3.01. The predicted octanol–water partition coefficient (Wildman–Crippen LogP) is 2.14. The topological polar surface area (TPSA) is 26.3 Å². The Kier molecular flexibility index (Phi) is 2.29. The van der Waals surface area contributed by atoms with Crippen molar-refractivity contribution in [2.45, 2.75) is 0 Å². The second-order valence-electron chi connectivity index (χ2n) is 1.63. The molecule has 0 spiro atoms. The Morgan fingerprint density at radius 3 is 2.80 bits per heavy atom. The summed E-state index contributed by atoms with van der Waals surface area (Å²) in [6.45, 7) is 0. The highest BCUT2D eigenvalue weighted by molar-refractivity contribution is 7.08. The van der Waals surface area contributed by atoms with E-state index in [4.69, 9.17) is 16.3 Å². The predicted molar refractivity (Wildman–Crippen MR) is 41.1 cm³/mol. The zero-order valence-corrected chi connectivity index (χ0v) is 6.83. The first-order valence-electron chi connectivity index (χ1n) is 2.55. The Hall–Kier alpha value is -0.540. The highest BCUT2D eigenvalue weighted by Gasteiger charge is 2.09. The van der Waals surface area contributed by atoms with Crippen LogP contribution in [0.15, 0.2) is 10.8 Å². The van der Waals surface area contributed by atoms with Crippen LogP contribution in [-0.4, -0.2) is 12.4 Å². The summed E-state index contributed by atoms with van der Waals surface area (Å²) in [6, 6.07) is 0. The molecule has 0 fully saturated rings. The molecule has 0 bridgehead atoms. The summed E-state index contributed by atoms with van der Waals surface area (Å²) in [5, 5.41) is 2.92. The Morgan fingerprint density at radius 1 is 1.70 bits per heavy atom. The number of ether oxygens (including phenoxy) is 1. The molecule has 10 heavy (non-hydrogen) atoms. The molecule has 0 aliphatic heterocycles. The van der Waals surface area contributed by atoms with E-state index in [9.17, 15) is 4.79 Å². The van der Waals surface area contributed by atoms with Crippen LogP contribution in [0.2, 0.25) is 0 Å². The summed E-state index contributed by atoms with van der Waals surface area (Å²) in [5.41, 5.74) is 0.439. The van der Waals surface area contributed by atoms with Crippen molar-refractivity contribution < 1.29 is 9.53 Å². The number of hydrogen-bond acceptors (Lipinski definition) is 3. The number of carbonyl (C=O) groups is 1. The summed E-state index contributed by atoms with van der Waals surface area (Å²) < 4.78 is 4.85. The van der Waals surface area contributed by atoms with Gasteiger partial charge in [0.25, 0.3) is 5.24 Å². The standard InChI is InChI=1S/C6H5ClO2S/c1-9-5-3-10-2-4(5)6(7)8/h2-3H,1H3. The van der Waals surface area contributed by atoms with Crippen LogP contribution in [0.1, 0.15) is 10.4 Å². The van der Waals surface area contributed by atoms with Crippen LogP contribution in [0.4, 0.5) is 0 Å². The smallest absolute Gasteiger partial charge is 0.256 e. The van der Waals surface area contributed by atoms with Crippen LogP contribution in [0.25, 0.3) is 0 Å². The molecule has 0 saturated heterocycles. The molecule has 2 nitrogen and oxygen atoms in total. The van der Waals surface area contributed by atoms with Crippen molar-refractivity contribution in [3.05, 3.63) is 16.3 Å². The van der Waals surface area contributed by atoms with Crippen LogP contribution in [0.3, 0.4) is 0 Å². The van der Waals surface area contributed by atoms with E-state index in [1.54, 1.807) is 10.8 Å². The highest BCUT2D eigenvalue weighted by Crippen LogP contribution is 2.24. The first-order valence-corrected chi connectivity index (χ1v) is 3.88. The lowest BCUT2D eigenvalue weighted by molar-refractivity contribution is 0.107. The third-order valence-corrected chi connectivity index (χ3v) is 1.98. The molecule has 1 aromatic heterocycles. The molecule has 0 unspecified atom stereocenters. The average molecular weight is 177 g/mol. The van der Waals surface area contributed by atoms with Crippen LogP contribution in [0.5, 0.6) is 5.75 Å². The van der Waals surface area contributed by atoms with Crippen molar-refractivity contribution in [3.8, 4) is 5.75 Å². The summed E-state index contributed by atoms with van der Waals surface area (Å²) in [5.74, 6) is 0.546. The van der Waals surface area contributed by atoms with E-state index in [0.29, 0.717) is 11.3 Å². The van der Waals surface area contributed by atoms with Gasteiger partial charge in [-0.05, 0) is 11.6 Å². The quantitative estimate of drug-likeness (QED) is 0.646. The molecule has 4 heteroatoms. The van der Waals surface area contributed by atoms with E-state index in [-0.39, 0.29) is 0 Å². The van der Waals surface area contributed by atoms with Gasteiger partial charge in [-0.1, -0.05) is 0 Å². The minimum atomic E-state index is -0.474. The van der Waals surface area contributed by atoms with Gasteiger partial charge in [-0.3, -0.25) is 4.79 Å². The van der Waals surface area contributed by atoms with E-state index in [0.717, 1.165) is 0 Å². The summed E-state index contributed by atoms with van der Waals surface area (Å²) >= 11 is 6.61. The summed E-state index contributed by atoms with van der Waals surface area (Å²) in [7, 11) is 1.51. The van der Waals surface area contributed by atoms with Crippen LogP contribution in [0, 0.1) is 0 Å². The number of methoxy groups -OCH3 is 1. The first kappa shape index (κ1) is 7.57. The lowest BCUT2D eigenvalue weighted by Crippen LogP contribution is -1.89. The second-order valence-corrected chi connectivity index (χ2v) is 2.71. The van der Waals surface area contributed by atoms with Gasteiger partial charge in [0.1, 0.15) is 5.75 Å². The largest absolute Gasteiger partial charge is 0.495 e. The third kappa shape index (κ3) is 1.30. The monoisotopic (exact) mass is 176 g/mol. The highest BCUT2D eigenvalue weighted by atomic mass is 35.5. The van der Waals surface area contributed by atoms with Crippen LogP contribution >= 0.6 is 22.9 Å². The lowest BCUT2D eigenvalue weighted by Gasteiger charge is -1.94. The molecule has 0 radical (unpaired) electrons. The molecule has 0 aliphatic carbocycles. The molecule has 1 rings (SSSR count). The normalized spacial score (nSPS) is 9.40. The molecule has 0 atom stereocenters. The number of hydrogen-bond donors (Lipinski definition) is 0. The van der Waals surface area contributed by atoms with Gasteiger partial charge in [0.2, 0.25) is 0 Å².